The van der Waals surface area contributed by atoms with E-state index in [2.05, 4.69) is 26.6 Å². The van der Waals surface area contributed by atoms with Crippen LogP contribution >= 0.6 is 27.5 Å². The Morgan fingerprint density at radius 2 is 2.10 bits per heavy atom. The third kappa shape index (κ3) is 4.68. The van der Waals surface area contributed by atoms with Crippen LogP contribution in [0.1, 0.15) is 20.3 Å². The van der Waals surface area contributed by atoms with Gasteiger partial charge in [-0.25, -0.2) is 9.59 Å². The van der Waals surface area contributed by atoms with Crippen molar-refractivity contribution in [3.8, 4) is 0 Å². The summed E-state index contributed by atoms with van der Waals surface area (Å²) in [6.07, 6.45) is 0.655. The molecule has 0 aromatic heterocycles. The summed E-state index contributed by atoms with van der Waals surface area (Å²) >= 11 is 9.07. The summed E-state index contributed by atoms with van der Waals surface area (Å²) in [7, 11) is 0. The number of amides is 2. The third-order valence-corrected chi connectivity index (χ3v) is 3.84. The molecule has 0 radical (unpaired) electrons. The largest absolute Gasteiger partial charge is 0.480 e. The molecule has 0 aliphatic heterocycles. The minimum Gasteiger partial charge on any atom is -0.480 e. The zero-order valence-electron chi connectivity index (χ0n) is 11.1. The number of hydrogen-bond acceptors (Lipinski definition) is 2. The molecule has 3 N–H and O–H groups in total. The monoisotopic (exact) mass is 362 g/mol. The van der Waals surface area contributed by atoms with Crippen LogP contribution < -0.4 is 10.6 Å². The molecule has 2 atom stereocenters. The van der Waals surface area contributed by atoms with E-state index < -0.39 is 18.0 Å². The van der Waals surface area contributed by atoms with Crippen molar-refractivity contribution in [2.75, 3.05) is 5.32 Å². The quantitative estimate of drug-likeness (QED) is 0.746. The van der Waals surface area contributed by atoms with Crippen LogP contribution in [0, 0.1) is 5.92 Å². The molecule has 20 heavy (non-hydrogen) atoms. The first-order valence-electron chi connectivity index (χ1n) is 6.10. The molecule has 0 saturated heterocycles. The Bertz CT molecular complexity index is 510. The predicted molar refractivity (Wildman–Crippen MR) is 82.2 cm³/mol. The number of carboxylic acids is 1. The molecule has 1 rings (SSSR count). The van der Waals surface area contributed by atoms with Gasteiger partial charge in [0.1, 0.15) is 6.04 Å². The summed E-state index contributed by atoms with van der Waals surface area (Å²) in [4.78, 5) is 23.0. The molecule has 1 aromatic carbocycles. The summed E-state index contributed by atoms with van der Waals surface area (Å²) in [6, 6.07) is 3.41. The molecule has 110 valence electrons. The summed E-state index contributed by atoms with van der Waals surface area (Å²) < 4.78 is 0.621. The molecule has 2 unspecified atom stereocenters. The van der Waals surface area contributed by atoms with Crippen LogP contribution in [0.2, 0.25) is 5.02 Å². The van der Waals surface area contributed by atoms with Crippen molar-refractivity contribution in [1.82, 2.24) is 5.32 Å². The van der Waals surface area contributed by atoms with Gasteiger partial charge < -0.3 is 15.7 Å². The number of urea groups is 1. The average molecular weight is 364 g/mol. The molecular formula is C13H16BrClN2O3. The second-order valence-electron chi connectivity index (χ2n) is 4.42. The highest BCUT2D eigenvalue weighted by Gasteiger charge is 2.25. The number of carboxylic acid groups (broad SMARTS) is 1. The number of carbonyl (C=O) groups excluding carboxylic acids is 1. The Morgan fingerprint density at radius 3 is 2.60 bits per heavy atom. The first kappa shape index (κ1) is 16.8. The lowest BCUT2D eigenvalue weighted by Crippen LogP contribution is -2.46. The van der Waals surface area contributed by atoms with Gasteiger partial charge in [-0.2, -0.15) is 0 Å². The van der Waals surface area contributed by atoms with E-state index in [0.29, 0.717) is 21.6 Å². The van der Waals surface area contributed by atoms with E-state index in [1.807, 2.05) is 6.92 Å². The number of hydrogen-bond donors (Lipinski definition) is 3. The van der Waals surface area contributed by atoms with Crippen molar-refractivity contribution in [3.63, 3.8) is 0 Å². The van der Waals surface area contributed by atoms with Gasteiger partial charge in [0.25, 0.3) is 0 Å². The maximum absolute atomic E-state index is 11.8. The molecule has 0 aliphatic carbocycles. The van der Waals surface area contributed by atoms with E-state index in [1.165, 1.54) is 0 Å². The Kier molecular flexibility index (Phi) is 6.29. The lowest BCUT2D eigenvalue weighted by molar-refractivity contribution is -0.140. The first-order chi connectivity index (χ1) is 9.35. The Morgan fingerprint density at radius 1 is 1.45 bits per heavy atom. The summed E-state index contributed by atoms with van der Waals surface area (Å²) in [5.41, 5.74) is 0.514. The fraction of sp³-hybridized carbons (Fsp3) is 0.385. The van der Waals surface area contributed by atoms with E-state index in [-0.39, 0.29) is 5.92 Å². The smallest absolute Gasteiger partial charge is 0.326 e. The van der Waals surface area contributed by atoms with Gasteiger partial charge in [0.15, 0.2) is 0 Å². The van der Waals surface area contributed by atoms with Crippen LogP contribution in [0.5, 0.6) is 0 Å². The van der Waals surface area contributed by atoms with E-state index in [1.54, 1.807) is 25.1 Å². The van der Waals surface area contributed by atoms with Crippen LogP contribution in [0.15, 0.2) is 22.7 Å². The lowest BCUT2D eigenvalue weighted by Gasteiger charge is -2.20. The van der Waals surface area contributed by atoms with Gasteiger partial charge in [-0.15, -0.1) is 0 Å². The number of benzene rings is 1. The van der Waals surface area contributed by atoms with E-state index in [9.17, 15) is 9.59 Å². The zero-order valence-corrected chi connectivity index (χ0v) is 13.5. The molecule has 0 spiro atoms. The second-order valence-corrected chi connectivity index (χ2v) is 5.71. The molecule has 1 aromatic rings. The average Bonchev–Trinajstić information content (AvgIpc) is 2.38. The van der Waals surface area contributed by atoms with Gasteiger partial charge in [0, 0.05) is 9.50 Å². The van der Waals surface area contributed by atoms with Crippen molar-refractivity contribution < 1.29 is 14.7 Å². The van der Waals surface area contributed by atoms with E-state index in [0.717, 1.165) is 0 Å². The van der Waals surface area contributed by atoms with Gasteiger partial charge in [0.05, 0.1) is 5.69 Å². The number of carbonyl (C=O) groups is 2. The lowest BCUT2D eigenvalue weighted by atomic mass is 9.99. The van der Waals surface area contributed by atoms with Gasteiger partial charge in [0.2, 0.25) is 0 Å². The number of halogens is 2. The molecule has 2 amide bonds. The van der Waals surface area contributed by atoms with Crippen molar-refractivity contribution in [2.45, 2.75) is 26.3 Å². The summed E-state index contributed by atoms with van der Waals surface area (Å²) in [6.45, 7) is 3.65. The normalized spacial score (nSPS) is 13.4. The molecule has 0 bridgehead atoms. The van der Waals surface area contributed by atoms with Crippen LogP contribution in [-0.4, -0.2) is 23.1 Å². The van der Waals surface area contributed by atoms with E-state index in [4.69, 9.17) is 16.7 Å². The van der Waals surface area contributed by atoms with Crippen LogP contribution in [0.4, 0.5) is 10.5 Å². The molecule has 0 fully saturated rings. The minimum absolute atomic E-state index is 0.160. The number of rotatable bonds is 5. The maximum Gasteiger partial charge on any atom is 0.326 e. The van der Waals surface area contributed by atoms with Crippen LogP contribution in [0.25, 0.3) is 0 Å². The third-order valence-electron chi connectivity index (χ3n) is 2.94. The number of nitrogens with one attached hydrogen (secondary N) is 2. The fourth-order valence-electron chi connectivity index (χ4n) is 1.57. The van der Waals surface area contributed by atoms with Crippen molar-refractivity contribution >= 4 is 45.2 Å². The number of anilines is 1. The molecule has 0 heterocycles. The SMILES string of the molecule is CCC(C)C(NC(=O)Nc1ccc(Cl)cc1Br)C(=O)O. The fourth-order valence-corrected chi connectivity index (χ4v) is 2.36. The van der Waals surface area contributed by atoms with Gasteiger partial charge in [-0.3, -0.25) is 0 Å². The predicted octanol–water partition coefficient (Wildman–Crippen LogP) is 3.72. The highest BCUT2D eigenvalue weighted by molar-refractivity contribution is 9.10. The highest BCUT2D eigenvalue weighted by Crippen LogP contribution is 2.25. The molecule has 5 nitrogen and oxygen atoms in total. The standard InChI is InChI=1S/C13H16BrClN2O3/c1-3-7(2)11(12(18)19)17-13(20)16-10-5-4-8(15)6-9(10)14/h4-7,11H,3H2,1-2H3,(H,18,19)(H2,16,17,20). The van der Waals surface area contributed by atoms with Crippen molar-refractivity contribution in [2.24, 2.45) is 5.92 Å². The molecular weight excluding hydrogens is 348 g/mol. The number of aliphatic carboxylic acids is 1. The van der Waals surface area contributed by atoms with Gasteiger partial charge >= 0.3 is 12.0 Å². The molecule has 7 heteroatoms. The van der Waals surface area contributed by atoms with Crippen molar-refractivity contribution in [1.29, 1.82) is 0 Å². The highest BCUT2D eigenvalue weighted by atomic mass is 79.9. The maximum atomic E-state index is 11.8. The van der Waals surface area contributed by atoms with Crippen LogP contribution in [0.3, 0.4) is 0 Å². The van der Waals surface area contributed by atoms with Crippen LogP contribution in [-0.2, 0) is 4.79 Å². The zero-order chi connectivity index (χ0) is 15.3. The summed E-state index contributed by atoms with van der Waals surface area (Å²) in [5.74, 6) is -1.21. The Hall–Kier alpha value is -1.27. The van der Waals surface area contributed by atoms with Gasteiger partial charge in [-0.05, 0) is 40.0 Å². The molecule has 0 saturated carbocycles. The topological polar surface area (TPSA) is 78.4 Å². The Labute approximate surface area is 130 Å². The summed E-state index contributed by atoms with van der Waals surface area (Å²) in [5, 5.41) is 14.7. The van der Waals surface area contributed by atoms with E-state index >= 15 is 0 Å². The first-order valence-corrected chi connectivity index (χ1v) is 7.27. The molecule has 0 aliphatic rings. The van der Waals surface area contributed by atoms with Gasteiger partial charge in [-0.1, -0.05) is 31.9 Å². The van der Waals surface area contributed by atoms with Crippen molar-refractivity contribution in [3.05, 3.63) is 27.7 Å². The Balaban J connectivity index is 2.73. The second kappa shape index (κ2) is 7.50. The minimum atomic E-state index is -1.05.